The zero-order valence-corrected chi connectivity index (χ0v) is 32.4. The minimum absolute atomic E-state index is 0.00840. The number of carbonyl (C=O) groups is 2. The number of likely N-dealkylation sites (N-methyl/N-ethyl adjacent to an activating group) is 1. The van der Waals surface area contributed by atoms with Gasteiger partial charge in [-0.05, 0) is 60.8 Å². The first-order chi connectivity index (χ1) is 24.8. The van der Waals surface area contributed by atoms with Crippen LogP contribution in [0.2, 0.25) is 0 Å². The number of ether oxygens (including phenoxy) is 2. The number of allylic oxidation sites excluding steroid dienone is 3. The van der Waals surface area contributed by atoms with Gasteiger partial charge >= 0.3 is 19.8 Å². The van der Waals surface area contributed by atoms with Gasteiger partial charge in [-0.25, -0.2) is 4.57 Å². The fourth-order valence-corrected chi connectivity index (χ4v) is 8.28. The summed E-state index contributed by atoms with van der Waals surface area (Å²) < 4.78 is 33.5. The third kappa shape index (κ3) is 11.7. The smallest absolute Gasteiger partial charge is 0.462 e. The molecule has 286 valence electrons. The predicted molar refractivity (Wildman–Crippen MR) is 203 cm³/mol. The number of unbranched alkanes of at least 4 members (excludes halogenated alkanes) is 4. The Balaban J connectivity index is 1.25. The van der Waals surface area contributed by atoms with E-state index in [4.69, 9.17) is 18.5 Å². The Kier molecular flexibility index (Phi) is 15.4. The lowest BCUT2D eigenvalue weighted by Crippen LogP contribution is -2.37. The van der Waals surface area contributed by atoms with E-state index >= 15 is 0 Å². The fraction of sp³-hybridized carbons (Fsp3) is 0.561. The van der Waals surface area contributed by atoms with Gasteiger partial charge < -0.3 is 24.0 Å². The number of carbonyl (C=O) groups excluding carboxylic acids is 2. The molecule has 0 heterocycles. The zero-order valence-electron chi connectivity index (χ0n) is 31.5. The van der Waals surface area contributed by atoms with Gasteiger partial charge in [0.1, 0.15) is 19.8 Å². The van der Waals surface area contributed by atoms with E-state index in [2.05, 4.69) is 55.1 Å². The average Bonchev–Trinajstić information content (AvgIpc) is 3.62. The van der Waals surface area contributed by atoms with E-state index in [-0.39, 0.29) is 43.5 Å². The van der Waals surface area contributed by atoms with Crippen LogP contribution in [0.25, 0.3) is 11.1 Å². The molecule has 0 aliphatic heterocycles. The molecule has 2 aromatic carbocycles. The van der Waals surface area contributed by atoms with Crippen molar-refractivity contribution in [2.75, 3.05) is 47.5 Å². The van der Waals surface area contributed by atoms with Crippen LogP contribution in [0, 0.1) is 11.3 Å². The summed E-state index contributed by atoms with van der Waals surface area (Å²) in [4.78, 5) is 34.5. The van der Waals surface area contributed by atoms with E-state index in [1.54, 1.807) is 6.92 Å². The summed E-state index contributed by atoms with van der Waals surface area (Å²) >= 11 is 0. The van der Waals surface area contributed by atoms with Gasteiger partial charge in [0.2, 0.25) is 0 Å². The van der Waals surface area contributed by atoms with Crippen molar-refractivity contribution < 1.29 is 47.2 Å². The third-order valence-corrected chi connectivity index (χ3v) is 11.2. The Morgan fingerprint density at radius 2 is 1.60 bits per heavy atom. The van der Waals surface area contributed by atoms with E-state index in [0.717, 1.165) is 62.5 Å². The maximum atomic E-state index is 12.5. The molecular formula is C41H59NO9P+. The highest BCUT2D eigenvalue weighted by atomic mass is 31.2. The van der Waals surface area contributed by atoms with Crippen LogP contribution in [0.1, 0.15) is 88.7 Å². The second kappa shape index (κ2) is 19.3. The van der Waals surface area contributed by atoms with Crippen molar-refractivity contribution in [3.8, 4) is 0 Å². The molecule has 1 fully saturated rings. The monoisotopic (exact) mass is 740 g/mol. The zero-order chi connectivity index (χ0) is 37.8. The molecule has 0 spiro atoms. The van der Waals surface area contributed by atoms with Crippen molar-refractivity contribution in [1.82, 2.24) is 0 Å². The molecule has 0 aromatic heterocycles. The molecule has 2 aromatic rings. The first-order valence-corrected chi connectivity index (χ1v) is 20.2. The quantitative estimate of drug-likeness (QED) is 0.0539. The number of phosphoric ester groups is 1. The Hall–Kier alpha value is -3.11. The standard InChI is InChI=1S/C41H58NO9P/c1-6-38(44)51-35(30-50-52(46,47)49-27-26-42(3,4)5)29-48-39(45)23-17-9-7-8-12-22-34-28-36-37(43)24-25-41(36,31(2)32-18-13-10-14-19-32)40(34)33-20-15-11-16-21-33/h10-11,13-16,18-21,35-37,43H,2,6-9,12,17,22-30H2,1,3-5H3/p+1/t35-,36?,37?,41?/m1/s1. The maximum Gasteiger partial charge on any atom is 0.472 e. The molecule has 0 saturated heterocycles. The normalized spacial score (nSPS) is 21.7. The number of aliphatic hydroxyl groups is 1. The van der Waals surface area contributed by atoms with Crippen molar-refractivity contribution in [3.63, 3.8) is 0 Å². The minimum Gasteiger partial charge on any atom is -0.462 e. The second-order valence-electron chi connectivity index (χ2n) is 15.1. The van der Waals surface area contributed by atoms with Crippen molar-refractivity contribution in [1.29, 1.82) is 0 Å². The van der Waals surface area contributed by atoms with Gasteiger partial charge in [0, 0.05) is 24.2 Å². The van der Waals surface area contributed by atoms with Crippen LogP contribution in [0.4, 0.5) is 0 Å². The minimum atomic E-state index is -4.38. The Bertz CT molecular complexity index is 1550. The lowest BCUT2D eigenvalue weighted by Gasteiger charge is -2.37. The van der Waals surface area contributed by atoms with E-state index < -0.39 is 32.5 Å². The van der Waals surface area contributed by atoms with Gasteiger partial charge in [-0.1, -0.05) is 99.0 Å². The van der Waals surface area contributed by atoms with Gasteiger partial charge in [-0.15, -0.1) is 0 Å². The second-order valence-corrected chi connectivity index (χ2v) is 16.6. The van der Waals surface area contributed by atoms with Gasteiger partial charge in [0.15, 0.2) is 6.10 Å². The summed E-state index contributed by atoms with van der Waals surface area (Å²) in [5, 5.41) is 11.2. The van der Waals surface area contributed by atoms with E-state index in [1.165, 1.54) is 16.7 Å². The first kappa shape index (κ1) is 41.6. The number of benzene rings is 2. The molecule has 0 amide bonds. The number of quaternary nitrogens is 1. The molecule has 0 radical (unpaired) electrons. The van der Waals surface area contributed by atoms with Crippen LogP contribution >= 0.6 is 7.82 Å². The lowest BCUT2D eigenvalue weighted by atomic mass is 9.66. The third-order valence-electron chi connectivity index (χ3n) is 10.2. The van der Waals surface area contributed by atoms with Crippen LogP contribution in [0.15, 0.2) is 72.8 Å². The Morgan fingerprint density at radius 1 is 0.942 bits per heavy atom. The first-order valence-electron chi connectivity index (χ1n) is 18.7. The SMILES string of the molecule is C=C(c1ccccc1)C12CCC(O)C1CC(CCCCCCCC(=O)OC[C@H](COP(=O)(O)OCC[N+](C)(C)C)OC(=O)CC)=C2c1ccccc1. The Morgan fingerprint density at radius 3 is 2.27 bits per heavy atom. The van der Waals surface area contributed by atoms with Crippen LogP contribution in [-0.4, -0.2) is 86.1 Å². The molecule has 0 bridgehead atoms. The summed E-state index contributed by atoms with van der Waals surface area (Å²) in [5.41, 5.74) is 5.95. The number of aliphatic hydroxyl groups excluding tert-OH is 1. The number of nitrogens with zero attached hydrogens (tertiary/aromatic N) is 1. The number of esters is 2. The number of phosphoric acid groups is 1. The highest BCUT2D eigenvalue weighted by Gasteiger charge is 2.56. The van der Waals surface area contributed by atoms with Crippen LogP contribution < -0.4 is 0 Å². The highest BCUT2D eigenvalue weighted by molar-refractivity contribution is 7.47. The lowest BCUT2D eigenvalue weighted by molar-refractivity contribution is -0.870. The van der Waals surface area contributed by atoms with Crippen molar-refractivity contribution >= 4 is 30.9 Å². The topological polar surface area (TPSA) is 129 Å². The summed E-state index contributed by atoms with van der Waals surface area (Å²) in [5.74, 6) is -0.850. The predicted octanol–water partition coefficient (Wildman–Crippen LogP) is 7.75. The van der Waals surface area contributed by atoms with Crippen LogP contribution in [-0.2, 0) is 32.7 Å². The van der Waals surface area contributed by atoms with Crippen LogP contribution in [0.3, 0.4) is 0 Å². The van der Waals surface area contributed by atoms with Crippen LogP contribution in [0.5, 0.6) is 0 Å². The average molecular weight is 741 g/mol. The summed E-state index contributed by atoms with van der Waals surface area (Å²) in [7, 11) is 1.40. The van der Waals surface area contributed by atoms with E-state index in [9.17, 15) is 24.2 Å². The molecular weight excluding hydrogens is 681 g/mol. The van der Waals surface area contributed by atoms with E-state index in [1.807, 2.05) is 33.3 Å². The fourth-order valence-electron chi connectivity index (χ4n) is 7.54. The molecule has 2 aliphatic carbocycles. The molecule has 4 unspecified atom stereocenters. The van der Waals surface area contributed by atoms with Crippen molar-refractivity contribution in [2.24, 2.45) is 11.3 Å². The molecule has 2 aliphatic rings. The molecule has 1 saturated carbocycles. The van der Waals surface area contributed by atoms with Crippen molar-refractivity contribution in [3.05, 3.63) is 83.9 Å². The number of hydrogen-bond acceptors (Lipinski definition) is 8. The Labute approximate surface area is 310 Å². The maximum absolute atomic E-state index is 12.5. The van der Waals surface area contributed by atoms with E-state index in [0.29, 0.717) is 17.4 Å². The largest absolute Gasteiger partial charge is 0.472 e. The van der Waals surface area contributed by atoms with Gasteiger partial charge in [-0.2, -0.15) is 0 Å². The highest BCUT2D eigenvalue weighted by Crippen LogP contribution is 2.66. The molecule has 11 heteroatoms. The molecule has 2 N–H and O–H groups in total. The summed E-state index contributed by atoms with van der Waals surface area (Å²) in [6, 6.07) is 21.0. The van der Waals surface area contributed by atoms with Gasteiger partial charge in [0.25, 0.3) is 0 Å². The molecule has 52 heavy (non-hydrogen) atoms. The molecule has 10 nitrogen and oxygen atoms in total. The summed E-state index contributed by atoms with van der Waals surface area (Å²) in [6.07, 6.45) is 6.96. The number of rotatable bonds is 22. The van der Waals surface area contributed by atoms with Gasteiger partial charge in [-0.3, -0.25) is 18.6 Å². The number of fused-ring (bicyclic) bond motifs is 1. The van der Waals surface area contributed by atoms with Crippen molar-refractivity contribution in [2.45, 2.75) is 89.8 Å². The molecule has 4 rings (SSSR count). The number of hydrogen-bond donors (Lipinski definition) is 2. The molecule has 5 atom stereocenters. The summed E-state index contributed by atoms with van der Waals surface area (Å²) in [6.45, 7) is 6.06. The van der Waals surface area contributed by atoms with Gasteiger partial charge in [0.05, 0.1) is 33.9 Å².